The van der Waals surface area contributed by atoms with Gasteiger partial charge in [0.1, 0.15) is 0 Å². The van der Waals surface area contributed by atoms with Crippen molar-refractivity contribution in [2.75, 3.05) is 0 Å². The van der Waals surface area contributed by atoms with E-state index in [1.165, 1.54) is 5.56 Å². The fraction of sp³-hybridized carbons (Fsp3) is 0.462. The van der Waals surface area contributed by atoms with Crippen LogP contribution in [-0.4, -0.2) is 11.1 Å². The van der Waals surface area contributed by atoms with Crippen LogP contribution in [0.4, 0.5) is 0 Å². The highest BCUT2D eigenvalue weighted by Crippen LogP contribution is 2.17. The molecule has 0 spiro atoms. The number of carboxylic acid groups (broad SMARTS) is 1. The number of hydrogen-bond acceptors (Lipinski definition) is 1. The molecule has 0 saturated carbocycles. The van der Waals surface area contributed by atoms with Crippen LogP contribution in [-0.2, 0) is 11.2 Å². The maximum Gasteiger partial charge on any atom is 0.310 e. The standard InChI is InChI=1S/C13H18O2.ClH/c1-9(2)8-11-4-6-12(7-5-11)10(3)13(14)15;/h4-7,9-10H,8H2,1-3H3,(H,14,15);1H. The zero-order valence-corrected chi connectivity index (χ0v) is 10.8. The van der Waals surface area contributed by atoms with Gasteiger partial charge in [-0.05, 0) is 30.4 Å². The lowest BCUT2D eigenvalue weighted by Gasteiger charge is -2.09. The summed E-state index contributed by atoms with van der Waals surface area (Å²) in [5.41, 5.74) is 2.14. The summed E-state index contributed by atoms with van der Waals surface area (Å²) in [7, 11) is 0. The van der Waals surface area contributed by atoms with E-state index in [0.717, 1.165) is 12.0 Å². The first-order valence-electron chi connectivity index (χ1n) is 5.32. The first-order chi connectivity index (χ1) is 7.00. The molecule has 0 amide bonds. The molecule has 0 aliphatic heterocycles. The number of halogens is 1. The lowest BCUT2D eigenvalue weighted by Crippen LogP contribution is -2.07. The van der Waals surface area contributed by atoms with Crippen LogP contribution in [0.1, 0.15) is 37.8 Å². The predicted molar refractivity (Wildman–Crippen MR) is 68.3 cm³/mol. The van der Waals surface area contributed by atoms with Gasteiger partial charge < -0.3 is 5.11 Å². The second-order valence-electron chi connectivity index (χ2n) is 4.40. The Balaban J connectivity index is 0.00000225. The topological polar surface area (TPSA) is 37.3 Å². The van der Waals surface area contributed by atoms with Crippen LogP contribution >= 0.6 is 12.4 Å². The lowest BCUT2D eigenvalue weighted by molar-refractivity contribution is -0.138. The van der Waals surface area contributed by atoms with Crippen molar-refractivity contribution in [1.29, 1.82) is 0 Å². The summed E-state index contributed by atoms with van der Waals surface area (Å²) in [6.07, 6.45) is 1.04. The molecule has 3 heteroatoms. The summed E-state index contributed by atoms with van der Waals surface area (Å²) in [5, 5.41) is 8.85. The van der Waals surface area contributed by atoms with Gasteiger partial charge in [0.15, 0.2) is 0 Å². The van der Waals surface area contributed by atoms with E-state index in [-0.39, 0.29) is 12.4 Å². The first kappa shape index (κ1) is 15.0. The average Bonchev–Trinajstić information content (AvgIpc) is 2.17. The molecular formula is C13H19ClO2. The zero-order chi connectivity index (χ0) is 11.4. The Hall–Kier alpha value is -1.02. The Kier molecular flexibility index (Phi) is 6.12. The van der Waals surface area contributed by atoms with Crippen molar-refractivity contribution in [3.05, 3.63) is 35.4 Å². The fourth-order valence-corrected chi connectivity index (χ4v) is 1.56. The minimum atomic E-state index is -0.772. The molecule has 1 rings (SSSR count). The Morgan fingerprint density at radius 1 is 1.19 bits per heavy atom. The molecule has 0 bridgehead atoms. The molecule has 0 aliphatic rings. The minimum absolute atomic E-state index is 0. The molecule has 90 valence electrons. The van der Waals surface area contributed by atoms with Gasteiger partial charge in [-0.15, -0.1) is 12.4 Å². The SMILES string of the molecule is CC(C)Cc1ccc(C(C)C(=O)O)cc1.Cl. The number of carboxylic acids is 1. The second-order valence-corrected chi connectivity index (χ2v) is 4.40. The Morgan fingerprint density at radius 3 is 2.06 bits per heavy atom. The van der Waals surface area contributed by atoms with E-state index in [0.29, 0.717) is 5.92 Å². The molecule has 1 unspecified atom stereocenters. The van der Waals surface area contributed by atoms with Crippen molar-refractivity contribution in [3.8, 4) is 0 Å². The molecule has 1 aromatic carbocycles. The molecule has 0 heterocycles. The van der Waals surface area contributed by atoms with Crippen LogP contribution in [0.5, 0.6) is 0 Å². The number of benzene rings is 1. The van der Waals surface area contributed by atoms with E-state index in [1.807, 2.05) is 24.3 Å². The molecule has 0 fully saturated rings. The van der Waals surface area contributed by atoms with Crippen molar-refractivity contribution >= 4 is 18.4 Å². The van der Waals surface area contributed by atoms with Gasteiger partial charge in [-0.25, -0.2) is 0 Å². The molecule has 0 radical (unpaired) electrons. The highest BCUT2D eigenvalue weighted by Gasteiger charge is 2.12. The summed E-state index contributed by atoms with van der Waals surface area (Å²) < 4.78 is 0. The van der Waals surface area contributed by atoms with Crippen LogP contribution in [0.15, 0.2) is 24.3 Å². The van der Waals surface area contributed by atoms with E-state index in [1.54, 1.807) is 6.92 Å². The van der Waals surface area contributed by atoms with Gasteiger partial charge in [-0.1, -0.05) is 38.1 Å². The van der Waals surface area contributed by atoms with E-state index in [9.17, 15) is 4.79 Å². The molecule has 1 N–H and O–H groups in total. The number of rotatable bonds is 4. The quantitative estimate of drug-likeness (QED) is 0.878. The molecular weight excluding hydrogens is 224 g/mol. The van der Waals surface area contributed by atoms with Crippen LogP contribution in [0.25, 0.3) is 0 Å². The molecule has 0 aromatic heterocycles. The van der Waals surface area contributed by atoms with E-state index in [2.05, 4.69) is 13.8 Å². The maximum atomic E-state index is 10.8. The van der Waals surface area contributed by atoms with Gasteiger partial charge in [0.25, 0.3) is 0 Å². The van der Waals surface area contributed by atoms with Crippen molar-refractivity contribution in [2.24, 2.45) is 5.92 Å². The molecule has 1 atom stereocenters. The third-order valence-electron chi connectivity index (χ3n) is 2.49. The summed E-state index contributed by atoms with van der Waals surface area (Å²) in [4.78, 5) is 10.8. The molecule has 0 saturated heterocycles. The average molecular weight is 243 g/mol. The summed E-state index contributed by atoms with van der Waals surface area (Å²) in [5.74, 6) is -0.558. The van der Waals surface area contributed by atoms with Crippen molar-refractivity contribution < 1.29 is 9.90 Å². The Morgan fingerprint density at radius 2 is 1.69 bits per heavy atom. The summed E-state index contributed by atoms with van der Waals surface area (Å²) in [6.45, 7) is 6.06. The third-order valence-corrected chi connectivity index (χ3v) is 2.49. The molecule has 1 aromatic rings. The summed E-state index contributed by atoms with van der Waals surface area (Å²) in [6, 6.07) is 7.87. The number of aliphatic carboxylic acids is 1. The third kappa shape index (κ3) is 4.23. The Bertz CT molecular complexity index is 330. The normalized spacial score (nSPS) is 12.0. The lowest BCUT2D eigenvalue weighted by atomic mass is 9.97. The van der Waals surface area contributed by atoms with Crippen molar-refractivity contribution in [3.63, 3.8) is 0 Å². The summed E-state index contributed by atoms with van der Waals surface area (Å²) >= 11 is 0. The van der Waals surface area contributed by atoms with Gasteiger partial charge in [0, 0.05) is 0 Å². The van der Waals surface area contributed by atoms with E-state index >= 15 is 0 Å². The Labute approximate surface area is 103 Å². The smallest absolute Gasteiger partial charge is 0.310 e. The molecule has 16 heavy (non-hydrogen) atoms. The fourth-order valence-electron chi connectivity index (χ4n) is 1.56. The molecule has 0 aliphatic carbocycles. The number of carbonyl (C=O) groups is 1. The monoisotopic (exact) mass is 242 g/mol. The van der Waals surface area contributed by atoms with Crippen molar-refractivity contribution in [1.82, 2.24) is 0 Å². The first-order valence-corrected chi connectivity index (χ1v) is 5.32. The van der Waals surface area contributed by atoms with Gasteiger partial charge in [-0.3, -0.25) is 4.79 Å². The van der Waals surface area contributed by atoms with Crippen LogP contribution in [0, 0.1) is 5.92 Å². The van der Waals surface area contributed by atoms with Crippen molar-refractivity contribution in [2.45, 2.75) is 33.1 Å². The highest BCUT2D eigenvalue weighted by molar-refractivity contribution is 5.85. The van der Waals surface area contributed by atoms with Gasteiger partial charge in [-0.2, -0.15) is 0 Å². The molecule has 2 nitrogen and oxygen atoms in total. The second kappa shape index (κ2) is 6.54. The van der Waals surface area contributed by atoms with Gasteiger partial charge in [0.2, 0.25) is 0 Å². The highest BCUT2D eigenvalue weighted by atomic mass is 35.5. The largest absolute Gasteiger partial charge is 0.481 e. The minimum Gasteiger partial charge on any atom is -0.481 e. The van der Waals surface area contributed by atoms with Crippen LogP contribution in [0.2, 0.25) is 0 Å². The predicted octanol–water partition coefficient (Wildman–Crippen LogP) is 3.50. The van der Waals surface area contributed by atoms with Gasteiger partial charge in [0.05, 0.1) is 5.92 Å². The van der Waals surface area contributed by atoms with Gasteiger partial charge >= 0.3 is 5.97 Å². The van der Waals surface area contributed by atoms with Crippen LogP contribution in [0.3, 0.4) is 0 Å². The number of hydrogen-bond donors (Lipinski definition) is 1. The van der Waals surface area contributed by atoms with E-state index in [4.69, 9.17) is 5.11 Å². The zero-order valence-electron chi connectivity index (χ0n) is 9.93. The van der Waals surface area contributed by atoms with E-state index < -0.39 is 11.9 Å². The van der Waals surface area contributed by atoms with Crippen LogP contribution < -0.4 is 0 Å². The maximum absolute atomic E-state index is 10.8.